The van der Waals surface area contributed by atoms with Crippen molar-refractivity contribution in [1.29, 1.82) is 5.26 Å². The number of carbonyl (C=O) groups is 2. The third kappa shape index (κ3) is 4.53. The first-order valence-corrected chi connectivity index (χ1v) is 5.58. The Morgan fingerprint density at radius 1 is 1.53 bits per heavy atom. The quantitative estimate of drug-likeness (QED) is 0.584. The summed E-state index contributed by atoms with van der Waals surface area (Å²) in [5.74, 6) is -1.16. The second kappa shape index (κ2) is 6.50. The van der Waals surface area contributed by atoms with Gasteiger partial charge >= 0.3 is 5.97 Å². The van der Waals surface area contributed by atoms with E-state index < -0.39 is 5.97 Å². The van der Waals surface area contributed by atoms with Crippen molar-refractivity contribution >= 4 is 23.6 Å². The summed E-state index contributed by atoms with van der Waals surface area (Å²) in [6, 6.07) is 4.75. The van der Waals surface area contributed by atoms with Crippen LogP contribution >= 0.6 is 11.8 Å². The number of nitrogens with one attached hydrogen (secondary N) is 1. The molecule has 0 aromatic carbocycles. The van der Waals surface area contributed by atoms with Gasteiger partial charge in [0.15, 0.2) is 0 Å². The van der Waals surface area contributed by atoms with Gasteiger partial charge in [0, 0.05) is 6.20 Å². The first kappa shape index (κ1) is 13.0. The maximum atomic E-state index is 11.1. The van der Waals surface area contributed by atoms with Gasteiger partial charge in [0.05, 0.1) is 22.4 Å². The first-order valence-electron chi connectivity index (χ1n) is 4.59. The van der Waals surface area contributed by atoms with E-state index in [-0.39, 0.29) is 23.8 Å². The van der Waals surface area contributed by atoms with Gasteiger partial charge in [-0.1, -0.05) is 11.8 Å². The predicted octanol–water partition coefficient (Wildman–Crippen LogP) is 0.512. The Labute approximate surface area is 102 Å². The van der Waals surface area contributed by atoms with Crippen LogP contribution in [0.4, 0.5) is 0 Å². The van der Waals surface area contributed by atoms with Gasteiger partial charge in [-0.2, -0.15) is 5.26 Å². The number of carboxylic acid groups (broad SMARTS) is 1. The van der Waals surface area contributed by atoms with Crippen molar-refractivity contribution in [2.75, 3.05) is 12.3 Å². The van der Waals surface area contributed by atoms with Gasteiger partial charge in [0.2, 0.25) is 5.91 Å². The van der Waals surface area contributed by atoms with E-state index >= 15 is 0 Å². The summed E-state index contributed by atoms with van der Waals surface area (Å²) in [4.78, 5) is 25.6. The number of aromatic nitrogens is 1. The van der Waals surface area contributed by atoms with E-state index in [4.69, 9.17) is 10.4 Å². The van der Waals surface area contributed by atoms with Crippen molar-refractivity contribution in [1.82, 2.24) is 10.3 Å². The topological polar surface area (TPSA) is 103 Å². The number of hydrogen-bond acceptors (Lipinski definition) is 5. The summed E-state index contributed by atoms with van der Waals surface area (Å²) < 4.78 is 0. The third-order valence-electron chi connectivity index (χ3n) is 1.70. The Kier molecular flexibility index (Phi) is 4.97. The lowest BCUT2D eigenvalue weighted by Crippen LogP contribution is -2.25. The number of carbonyl (C=O) groups excluding carboxylic acids is 1. The SMILES string of the molecule is N#CCNC(=O)CSc1ccc(C(=O)O)cn1. The molecule has 0 fully saturated rings. The van der Waals surface area contributed by atoms with Crippen LogP contribution in [-0.2, 0) is 4.79 Å². The zero-order valence-electron chi connectivity index (χ0n) is 8.71. The molecule has 17 heavy (non-hydrogen) atoms. The molecule has 0 aliphatic heterocycles. The molecule has 0 unspecified atom stereocenters. The van der Waals surface area contributed by atoms with Crippen molar-refractivity contribution in [3.63, 3.8) is 0 Å². The minimum atomic E-state index is -1.04. The highest BCUT2D eigenvalue weighted by Gasteiger charge is 2.05. The molecule has 1 rings (SSSR count). The summed E-state index contributed by atoms with van der Waals surface area (Å²) in [6.45, 7) is -0.0230. The van der Waals surface area contributed by atoms with Crippen LogP contribution in [0.15, 0.2) is 23.4 Å². The zero-order valence-corrected chi connectivity index (χ0v) is 9.53. The van der Waals surface area contributed by atoms with Crippen molar-refractivity contribution in [2.45, 2.75) is 5.03 Å². The molecule has 1 aromatic heterocycles. The maximum absolute atomic E-state index is 11.1. The number of nitrogens with zero attached hydrogens (tertiary/aromatic N) is 2. The Balaban J connectivity index is 2.45. The van der Waals surface area contributed by atoms with Crippen LogP contribution in [0.25, 0.3) is 0 Å². The lowest BCUT2D eigenvalue weighted by atomic mass is 10.3. The van der Waals surface area contributed by atoms with Crippen LogP contribution in [0.5, 0.6) is 0 Å². The zero-order chi connectivity index (χ0) is 12.7. The van der Waals surface area contributed by atoms with Gasteiger partial charge in [-0.25, -0.2) is 9.78 Å². The fourth-order valence-corrected chi connectivity index (χ4v) is 1.59. The largest absolute Gasteiger partial charge is 0.478 e. The average Bonchev–Trinajstić information content (AvgIpc) is 2.34. The average molecular weight is 251 g/mol. The number of hydrogen-bond donors (Lipinski definition) is 2. The molecule has 0 atom stereocenters. The fraction of sp³-hybridized carbons (Fsp3) is 0.200. The van der Waals surface area contributed by atoms with Crippen molar-refractivity contribution in [3.8, 4) is 6.07 Å². The number of amides is 1. The van der Waals surface area contributed by atoms with Crippen LogP contribution in [0.1, 0.15) is 10.4 Å². The van der Waals surface area contributed by atoms with Crippen LogP contribution in [-0.4, -0.2) is 34.3 Å². The summed E-state index contributed by atoms with van der Waals surface area (Å²) >= 11 is 1.17. The predicted molar refractivity (Wildman–Crippen MR) is 60.5 cm³/mol. The van der Waals surface area contributed by atoms with Gasteiger partial charge in [-0.15, -0.1) is 0 Å². The molecule has 0 saturated carbocycles. The number of thioether (sulfide) groups is 1. The van der Waals surface area contributed by atoms with Gasteiger partial charge in [0.1, 0.15) is 6.54 Å². The second-order valence-electron chi connectivity index (χ2n) is 2.91. The van der Waals surface area contributed by atoms with Crippen LogP contribution in [0.2, 0.25) is 0 Å². The molecular weight excluding hydrogens is 242 g/mol. The number of rotatable bonds is 5. The molecule has 6 nitrogen and oxygen atoms in total. The van der Waals surface area contributed by atoms with Gasteiger partial charge in [-0.3, -0.25) is 4.79 Å². The van der Waals surface area contributed by atoms with Crippen molar-refractivity contribution in [2.24, 2.45) is 0 Å². The number of carboxylic acids is 1. The Morgan fingerprint density at radius 3 is 2.82 bits per heavy atom. The van der Waals surface area contributed by atoms with Crippen molar-refractivity contribution < 1.29 is 14.7 Å². The number of aromatic carboxylic acids is 1. The van der Waals surface area contributed by atoms with Gasteiger partial charge < -0.3 is 10.4 Å². The molecule has 7 heteroatoms. The van der Waals surface area contributed by atoms with Crippen LogP contribution < -0.4 is 5.32 Å². The summed E-state index contributed by atoms with van der Waals surface area (Å²) in [6.07, 6.45) is 1.23. The summed E-state index contributed by atoms with van der Waals surface area (Å²) in [5, 5.41) is 19.8. The van der Waals surface area contributed by atoms with E-state index in [0.29, 0.717) is 5.03 Å². The summed E-state index contributed by atoms with van der Waals surface area (Å²) in [5.41, 5.74) is 0.100. The van der Waals surface area contributed by atoms with Gasteiger partial charge in [0.25, 0.3) is 0 Å². The lowest BCUT2D eigenvalue weighted by Gasteiger charge is -2.01. The highest BCUT2D eigenvalue weighted by Crippen LogP contribution is 2.14. The van der Waals surface area contributed by atoms with E-state index in [9.17, 15) is 9.59 Å². The molecule has 0 radical (unpaired) electrons. The number of pyridine rings is 1. The van der Waals surface area contributed by atoms with Crippen LogP contribution in [0.3, 0.4) is 0 Å². The monoisotopic (exact) mass is 251 g/mol. The molecule has 2 N–H and O–H groups in total. The Bertz CT molecular complexity index is 453. The van der Waals surface area contributed by atoms with Crippen LogP contribution in [0, 0.1) is 11.3 Å². The smallest absolute Gasteiger partial charge is 0.337 e. The molecule has 1 amide bonds. The fourth-order valence-electron chi connectivity index (χ4n) is 0.921. The molecule has 1 aromatic rings. The van der Waals surface area contributed by atoms with E-state index in [2.05, 4.69) is 10.3 Å². The standard InChI is InChI=1S/C10H9N3O3S/c11-3-4-12-8(14)6-17-9-2-1-7(5-13-9)10(15)16/h1-2,5H,4,6H2,(H,12,14)(H,15,16). The molecular formula is C10H9N3O3S. The minimum absolute atomic E-state index is 0.0230. The molecule has 1 heterocycles. The van der Waals surface area contributed by atoms with E-state index in [1.807, 2.05) is 0 Å². The van der Waals surface area contributed by atoms with Crippen molar-refractivity contribution in [3.05, 3.63) is 23.9 Å². The molecule has 0 spiro atoms. The number of nitriles is 1. The minimum Gasteiger partial charge on any atom is -0.478 e. The molecule has 0 bridgehead atoms. The van der Waals surface area contributed by atoms with E-state index in [0.717, 1.165) is 0 Å². The highest BCUT2D eigenvalue weighted by atomic mass is 32.2. The third-order valence-corrected chi connectivity index (χ3v) is 2.64. The van der Waals surface area contributed by atoms with E-state index in [1.54, 1.807) is 6.07 Å². The first-order chi connectivity index (χ1) is 8.13. The Morgan fingerprint density at radius 2 is 2.29 bits per heavy atom. The summed E-state index contributed by atoms with van der Waals surface area (Å²) in [7, 11) is 0. The lowest BCUT2D eigenvalue weighted by molar-refractivity contribution is -0.118. The Hall–Kier alpha value is -2.07. The molecule has 0 aliphatic rings. The molecule has 88 valence electrons. The molecule has 0 saturated heterocycles. The second-order valence-corrected chi connectivity index (χ2v) is 3.91. The maximum Gasteiger partial charge on any atom is 0.337 e. The molecule has 0 aliphatic carbocycles. The normalized spacial score (nSPS) is 9.35. The van der Waals surface area contributed by atoms with E-state index in [1.165, 1.54) is 30.1 Å². The highest BCUT2D eigenvalue weighted by molar-refractivity contribution is 7.99. The van der Waals surface area contributed by atoms with Gasteiger partial charge in [-0.05, 0) is 12.1 Å².